The zero-order valence-electron chi connectivity index (χ0n) is 16.3. The van der Waals surface area contributed by atoms with E-state index in [0.29, 0.717) is 0 Å². The number of carbonyl (C=O) groups excluding carboxylic acids is 3. The average Bonchev–Trinajstić information content (AvgIpc) is 2.35. The van der Waals surface area contributed by atoms with E-state index in [1.54, 1.807) is 0 Å². The Morgan fingerprint density at radius 2 is 0.613 bits per heavy atom. The molecular formula is C9H15Al2KO17S2. The maximum Gasteiger partial charge on any atom is 3.00 e. The summed E-state index contributed by atoms with van der Waals surface area (Å²) >= 11 is 0. The fourth-order valence-corrected chi connectivity index (χ4v) is 0. The summed E-state index contributed by atoms with van der Waals surface area (Å²) < 4.78 is 68.2. The quantitative estimate of drug-likeness (QED) is 0.166. The molecule has 0 aromatic heterocycles. The zero-order chi connectivity index (χ0) is 24.5. The number of carboxylic acids is 3. The van der Waals surface area contributed by atoms with E-state index in [9.17, 15) is 29.7 Å². The predicted octanol–water partition coefficient (Wildman–Crippen LogP) is -12.1. The fraction of sp³-hybridized carbons (Fsp3) is 0.667. The number of hydrogen-bond donors (Lipinski definition) is 3. The van der Waals surface area contributed by atoms with Crippen molar-refractivity contribution in [2.75, 3.05) is 0 Å². The Kier molecular flexibility index (Phi) is 49.4. The molecule has 3 N–H and O–H groups in total. The Morgan fingerprint density at radius 1 is 0.581 bits per heavy atom. The molecule has 0 aliphatic heterocycles. The number of carboxylic acid groups (broad SMARTS) is 3. The normalized spacial score (nSPS) is 11.7. The second-order valence-electron chi connectivity index (χ2n) is 3.80. The van der Waals surface area contributed by atoms with Crippen LogP contribution in [0.4, 0.5) is 0 Å². The molecule has 172 valence electrons. The molecule has 0 amide bonds. The van der Waals surface area contributed by atoms with E-state index in [0.717, 1.165) is 20.8 Å². The van der Waals surface area contributed by atoms with Crippen molar-refractivity contribution in [2.24, 2.45) is 0 Å². The van der Waals surface area contributed by atoms with Gasteiger partial charge in [-0.3, -0.25) is 16.8 Å². The Labute approximate surface area is 241 Å². The molecule has 0 saturated heterocycles. The van der Waals surface area contributed by atoms with Crippen LogP contribution in [0.15, 0.2) is 0 Å². The SMILES string of the molecule is CC(O)C(=O)[O-].CC(O)C(=O)[O-].CC(O)C(=O)[O-].O=S(=O)([O-])[O-].O=S(=O)([O-])[O-].[Al+3].[Al+3].[K+]. The molecule has 0 saturated carbocycles. The van der Waals surface area contributed by atoms with Gasteiger partial charge in [-0.05, 0) is 20.8 Å². The van der Waals surface area contributed by atoms with Crippen molar-refractivity contribution < 1.29 is 131 Å². The first-order chi connectivity index (χ1) is 11.9. The largest absolute Gasteiger partial charge is 3.00 e. The summed E-state index contributed by atoms with van der Waals surface area (Å²) in [5.41, 5.74) is 0. The molecule has 0 aromatic carbocycles. The molecule has 0 rings (SSSR count). The molecule has 3 atom stereocenters. The van der Waals surface area contributed by atoms with Crippen LogP contribution in [0.5, 0.6) is 0 Å². The molecular weight excluding hydrogens is 537 g/mol. The molecule has 17 nitrogen and oxygen atoms in total. The van der Waals surface area contributed by atoms with Crippen molar-refractivity contribution in [1.82, 2.24) is 0 Å². The summed E-state index contributed by atoms with van der Waals surface area (Å²) in [5, 5.41) is 51.9. The van der Waals surface area contributed by atoms with E-state index < -0.39 is 57.0 Å². The first-order valence-electron chi connectivity index (χ1n) is 5.93. The fourth-order valence-electron chi connectivity index (χ4n) is 0. The van der Waals surface area contributed by atoms with Gasteiger partial charge >= 0.3 is 86.1 Å². The van der Waals surface area contributed by atoms with Gasteiger partial charge in [0, 0.05) is 20.8 Å². The van der Waals surface area contributed by atoms with Crippen LogP contribution in [-0.4, -0.2) is 121 Å². The van der Waals surface area contributed by atoms with Gasteiger partial charge in [0.2, 0.25) is 0 Å². The number of aliphatic hydroxyl groups excluding tert-OH is 3. The molecule has 0 aromatic rings. The first-order valence-corrected chi connectivity index (χ1v) is 8.60. The van der Waals surface area contributed by atoms with Gasteiger partial charge in [0.15, 0.2) is 0 Å². The Bertz CT molecular complexity index is 558. The molecule has 0 spiro atoms. The minimum Gasteiger partial charge on any atom is -0.759 e. The van der Waals surface area contributed by atoms with Crippen molar-refractivity contribution >= 4 is 73.4 Å². The van der Waals surface area contributed by atoms with Crippen molar-refractivity contribution in [1.29, 1.82) is 0 Å². The molecule has 0 radical (unpaired) electrons. The van der Waals surface area contributed by atoms with Crippen LogP contribution in [0.25, 0.3) is 0 Å². The third-order valence-electron chi connectivity index (χ3n) is 1.02. The van der Waals surface area contributed by atoms with Gasteiger partial charge in [0.1, 0.15) is 0 Å². The van der Waals surface area contributed by atoms with Crippen LogP contribution < -0.4 is 66.7 Å². The molecule has 0 bridgehead atoms. The minimum atomic E-state index is -5.17. The Hall–Kier alpha value is 0.731. The Balaban J connectivity index is -0.0000000348. The van der Waals surface area contributed by atoms with E-state index >= 15 is 0 Å². The van der Waals surface area contributed by atoms with Crippen molar-refractivity contribution in [3.8, 4) is 0 Å². The van der Waals surface area contributed by atoms with E-state index in [2.05, 4.69) is 0 Å². The summed E-state index contributed by atoms with van der Waals surface area (Å²) in [6, 6.07) is 0. The predicted molar refractivity (Wildman–Crippen MR) is 82.5 cm³/mol. The third kappa shape index (κ3) is 157. The van der Waals surface area contributed by atoms with Crippen LogP contribution >= 0.6 is 0 Å². The van der Waals surface area contributed by atoms with Crippen molar-refractivity contribution in [3.63, 3.8) is 0 Å². The minimum absolute atomic E-state index is 0. The third-order valence-corrected chi connectivity index (χ3v) is 1.02. The molecule has 3 unspecified atom stereocenters. The van der Waals surface area contributed by atoms with Crippen LogP contribution in [0, 0.1) is 0 Å². The average molecular weight is 552 g/mol. The van der Waals surface area contributed by atoms with E-state index in [1.807, 2.05) is 0 Å². The molecule has 0 fully saturated rings. The number of carbonyl (C=O) groups is 3. The van der Waals surface area contributed by atoms with E-state index in [4.69, 9.17) is 50.4 Å². The molecule has 0 heterocycles. The van der Waals surface area contributed by atoms with Crippen LogP contribution in [0.3, 0.4) is 0 Å². The summed E-state index contributed by atoms with van der Waals surface area (Å²) in [7, 11) is -10.3. The topological polar surface area (TPSA) is 342 Å². The summed E-state index contributed by atoms with van der Waals surface area (Å²) in [5.74, 6) is -4.31. The number of rotatable bonds is 3. The second-order valence-corrected chi connectivity index (χ2v) is 5.43. The van der Waals surface area contributed by atoms with Crippen LogP contribution in [-0.2, 0) is 35.2 Å². The number of aliphatic hydroxyl groups is 3. The summed E-state index contributed by atoms with van der Waals surface area (Å²) in [6.45, 7) is 3.40. The van der Waals surface area contributed by atoms with Gasteiger partial charge in [-0.25, -0.2) is 0 Å². The van der Waals surface area contributed by atoms with E-state index in [-0.39, 0.29) is 86.1 Å². The number of aliphatic carboxylic acids is 3. The molecule has 0 aliphatic rings. The van der Waals surface area contributed by atoms with Crippen molar-refractivity contribution in [3.05, 3.63) is 0 Å². The summed E-state index contributed by atoms with van der Waals surface area (Å²) in [6.07, 6.45) is -4.03. The van der Waals surface area contributed by atoms with Gasteiger partial charge in [-0.2, -0.15) is 0 Å². The maximum absolute atomic E-state index is 9.34. The molecule has 0 aliphatic carbocycles. The van der Waals surface area contributed by atoms with Gasteiger partial charge in [-0.15, -0.1) is 0 Å². The van der Waals surface area contributed by atoms with Gasteiger partial charge in [-0.1, -0.05) is 0 Å². The van der Waals surface area contributed by atoms with Crippen LogP contribution in [0.1, 0.15) is 20.8 Å². The summed E-state index contributed by atoms with van der Waals surface area (Å²) in [4.78, 5) is 28.0. The standard InChI is InChI=1S/3C3H6O3.2Al.K.2H2O4S/c3*1-2(4)3(5)6;;;;2*1-5(2,3)4/h3*2,4H,1H3,(H,5,6);;;;2*(H2,1,2,3,4)/q;;;2*+3;+1;;/p-7. The van der Waals surface area contributed by atoms with Crippen LogP contribution in [0.2, 0.25) is 0 Å². The second kappa shape index (κ2) is 28.8. The molecule has 22 heteroatoms. The smallest absolute Gasteiger partial charge is 0.759 e. The Morgan fingerprint density at radius 3 is 0.613 bits per heavy atom. The van der Waals surface area contributed by atoms with Gasteiger partial charge in [0.05, 0.1) is 36.2 Å². The van der Waals surface area contributed by atoms with Gasteiger partial charge in [0.25, 0.3) is 0 Å². The van der Waals surface area contributed by atoms with Gasteiger partial charge < -0.3 is 63.2 Å². The van der Waals surface area contributed by atoms with Crippen molar-refractivity contribution in [2.45, 2.75) is 39.1 Å². The maximum atomic E-state index is 9.34. The molecule has 31 heavy (non-hydrogen) atoms. The van der Waals surface area contributed by atoms with E-state index in [1.165, 1.54) is 0 Å². The monoisotopic (exact) mass is 552 g/mol. The zero-order valence-corrected chi connectivity index (χ0v) is 23.3. The first kappa shape index (κ1) is 53.2. The number of hydrogen-bond acceptors (Lipinski definition) is 17.